The van der Waals surface area contributed by atoms with Crippen LogP contribution in [0.5, 0.6) is 0 Å². The van der Waals surface area contributed by atoms with Gasteiger partial charge in [-0.3, -0.25) is 19.6 Å². The number of hydrogen-bond donors (Lipinski definition) is 1. The molecule has 1 unspecified atom stereocenters. The summed E-state index contributed by atoms with van der Waals surface area (Å²) in [5.41, 5.74) is 3.28. The number of hydrogen-bond acceptors (Lipinski definition) is 6. The molecular weight excluding hydrogens is 510 g/mol. The van der Waals surface area contributed by atoms with E-state index in [1.807, 2.05) is 51.6 Å². The molecule has 40 heavy (non-hydrogen) atoms. The predicted octanol–water partition coefficient (Wildman–Crippen LogP) is 3.92. The summed E-state index contributed by atoms with van der Waals surface area (Å²) in [5, 5.41) is 8.05. The highest BCUT2D eigenvalue weighted by atomic mass is 19.1. The van der Waals surface area contributed by atoms with Crippen LogP contribution in [0.3, 0.4) is 0 Å². The summed E-state index contributed by atoms with van der Waals surface area (Å²) >= 11 is 0. The van der Waals surface area contributed by atoms with E-state index in [9.17, 15) is 9.59 Å². The van der Waals surface area contributed by atoms with Gasteiger partial charge in [-0.1, -0.05) is 18.2 Å². The summed E-state index contributed by atoms with van der Waals surface area (Å²) in [6.45, 7) is 9.47. The van der Waals surface area contributed by atoms with Crippen molar-refractivity contribution in [3.8, 4) is 0 Å². The molecule has 8 nitrogen and oxygen atoms in total. The van der Waals surface area contributed by atoms with E-state index in [-0.39, 0.29) is 17.6 Å². The molecule has 2 aromatic carbocycles. The van der Waals surface area contributed by atoms with Crippen LogP contribution in [-0.4, -0.2) is 53.0 Å². The third-order valence-corrected chi connectivity index (χ3v) is 9.28. The molecule has 3 aliphatic rings. The molecule has 0 spiro atoms. The monoisotopic (exact) mass is 546 g/mol. The van der Waals surface area contributed by atoms with Crippen LogP contribution < -0.4 is 15.7 Å². The first kappa shape index (κ1) is 27.0. The standard InChI is InChI=1S/C30H36BFN4O4/c1-29(2)30(3,4)40-31(39-29)20-7-10-24(23(32)17-20)36-14-12-18(13-15-36)19-6-8-21-25(16-19)35(5)34-27(21)22-9-11-26(37)33-28(22)38/h6-8,10,16-18,22H,9,11-15H2,1-5H3,(H,33,37,38). The highest BCUT2D eigenvalue weighted by molar-refractivity contribution is 6.62. The lowest BCUT2D eigenvalue weighted by Crippen LogP contribution is -2.41. The topological polar surface area (TPSA) is 85.7 Å². The molecule has 1 aromatic heterocycles. The van der Waals surface area contributed by atoms with Gasteiger partial charge in [-0.2, -0.15) is 5.10 Å². The lowest BCUT2D eigenvalue weighted by molar-refractivity contribution is -0.134. The van der Waals surface area contributed by atoms with E-state index >= 15 is 4.39 Å². The number of piperidine rings is 2. The Kier molecular flexibility index (Phi) is 6.54. The van der Waals surface area contributed by atoms with Gasteiger partial charge in [0.15, 0.2) is 0 Å². The van der Waals surface area contributed by atoms with Gasteiger partial charge in [0.1, 0.15) is 5.82 Å². The number of nitrogens with zero attached hydrogens (tertiary/aromatic N) is 3. The van der Waals surface area contributed by atoms with Crippen molar-refractivity contribution in [2.24, 2.45) is 7.05 Å². The maximum atomic E-state index is 15.3. The zero-order valence-electron chi connectivity index (χ0n) is 23.8. The maximum Gasteiger partial charge on any atom is 0.494 e. The Morgan fingerprint density at radius 2 is 1.70 bits per heavy atom. The van der Waals surface area contributed by atoms with Crippen LogP contribution in [0.15, 0.2) is 36.4 Å². The molecule has 0 bridgehead atoms. The fraction of sp³-hybridized carbons (Fsp3) is 0.500. The third-order valence-electron chi connectivity index (χ3n) is 9.28. The van der Waals surface area contributed by atoms with Crippen LogP contribution in [-0.2, 0) is 25.9 Å². The normalized spacial score (nSPS) is 23.2. The van der Waals surface area contributed by atoms with Crippen molar-refractivity contribution in [3.63, 3.8) is 0 Å². The van der Waals surface area contributed by atoms with Gasteiger partial charge in [0, 0.05) is 31.9 Å². The molecule has 0 radical (unpaired) electrons. The molecule has 1 N–H and O–H groups in total. The van der Waals surface area contributed by atoms with E-state index in [4.69, 9.17) is 9.31 Å². The number of fused-ring (bicyclic) bond motifs is 1. The number of aryl methyl sites for hydroxylation is 1. The first-order valence-electron chi connectivity index (χ1n) is 14.1. The minimum absolute atomic E-state index is 0.226. The number of anilines is 1. The van der Waals surface area contributed by atoms with Gasteiger partial charge in [-0.25, -0.2) is 4.39 Å². The molecular formula is C30H36BFN4O4. The third kappa shape index (κ3) is 4.61. The van der Waals surface area contributed by atoms with E-state index in [1.54, 1.807) is 6.07 Å². The molecule has 210 valence electrons. The van der Waals surface area contributed by atoms with Gasteiger partial charge in [0.25, 0.3) is 0 Å². The van der Waals surface area contributed by atoms with Gasteiger partial charge >= 0.3 is 7.12 Å². The fourth-order valence-electron chi connectivity index (χ4n) is 6.13. The predicted molar refractivity (Wildman–Crippen MR) is 152 cm³/mol. The average Bonchev–Trinajstić information content (AvgIpc) is 3.34. The van der Waals surface area contributed by atoms with E-state index in [1.165, 1.54) is 5.56 Å². The quantitative estimate of drug-likeness (QED) is 0.395. The Morgan fingerprint density at radius 1 is 1.00 bits per heavy atom. The highest BCUT2D eigenvalue weighted by Crippen LogP contribution is 2.38. The second-order valence-corrected chi connectivity index (χ2v) is 12.3. The van der Waals surface area contributed by atoms with Gasteiger partial charge in [-0.05, 0) is 82.1 Å². The Morgan fingerprint density at radius 3 is 2.35 bits per heavy atom. The summed E-state index contributed by atoms with van der Waals surface area (Å²) < 4.78 is 29.3. The van der Waals surface area contributed by atoms with Gasteiger partial charge in [0.2, 0.25) is 11.8 Å². The Hall–Kier alpha value is -3.24. The Bertz CT molecular complexity index is 1480. The van der Waals surface area contributed by atoms with Crippen molar-refractivity contribution in [1.29, 1.82) is 0 Å². The molecule has 3 aliphatic heterocycles. The molecule has 10 heteroatoms. The minimum atomic E-state index is -0.586. The van der Waals surface area contributed by atoms with E-state index in [0.29, 0.717) is 29.9 Å². The number of carbonyl (C=O) groups excluding carboxylic acids is 2. The average molecular weight is 546 g/mol. The summed E-state index contributed by atoms with van der Waals surface area (Å²) in [7, 11) is 1.30. The zero-order valence-corrected chi connectivity index (χ0v) is 23.8. The largest absolute Gasteiger partial charge is 0.494 e. The zero-order chi connectivity index (χ0) is 28.4. The molecule has 0 saturated carbocycles. The van der Waals surface area contributed by atoms with E-state index in [0.717, 1.165) is 42.5 Å². The highest BCUT2D eigenvalue weighted by Gasteiger charge is 2.51. The molecule has 4 heterocycles. The van der Waals surface area contributed by atoms with Gasteiger partial charge in [0.05, 0.1) is 34.0 Å². The summed E-state index contributed by atoms with van der Waals surface area (Å²) in [5.74, 6) is -0.828. The SMILES string of the molecule is Cn1nc(C2CCC(=O)NC2=O)c2ccc(C3CCN(c4ccc(B5OC(C)(C)C(C)(C)O5)cc4F)CC3)cc21. The molecule has 1 atom stereocenters. The van der Waals surface area contributed by atoms with Crippen LogP contribution >= 0.6 is 0 Å². The summed E-state index contributed by atoms with van der Waals surface area (Å²) in [6.07, 6.45) is 2.61. The van der Waals surface area contributed by atoms with Crippen molar-refractivity contribution >= 4 is 41.0 Å². The first-order chi connectivity index (χ1) is 18.9. The van der Waals surface area contributed by atoms with Crippen LogP contribution in [0.25, 0.3) is 10.9 Å². The molecule has 6 rings (SSSR count). The van der Waals surface area contributed by atoms with E-state index in [2.05, 4.69) is 33.5 Å². The van der Waals surface area contributed by atoms with E-state index < -0.39 is 24.2 Å². The molecule has 3 saturated heterocycles. The van der Waals surface area contributed by atoms with Crippen molar-refractivity contribution in [1.82, 2.24) is 15.1 Å². The number of rotatable bonds is 4. The fourth-order valence-corrected chi connectivity index (χ4v) is 6.13. The Labute approximate surface area is 234 Å². The van der Waals surface area contributed by atoms with Crippen molar-refractivity contribution < 1.29 is 23.3 Å². The van der Waals surface area contributed by atoms with Crippen LogP contribution in [0, 0.1) is 5.82 Å². The lowest BCUT2D eigenvalue weighted by Gasteiger charge is -2.34. The second kappa shape index (κ2) is 9.70. The molecule has 0 aliphatic carbocycles. The number of nitrogens with one attached hydrogen (secondary N) is 1. The maximum absolute atomic E-state index is 15.3. The number of benzene rings is 2. The smallest absolute Gasteiger partial charge is 0.399 e. The number of aromatic nitrogens is 2. The van der Waals surface area contributed by atoms with Crippen LogP contribution in [0.4, 0.5) is 10.1 Å². The molecule has 3 fully saturated rings. The van der Waals surface area contributed by atoms with Crippen molar-refractivity contribution in [2.75, 3.05) is 18.0 Å². The van der Waals surface area contributed by atoms with Gasteiger partial charge < -0.3 is 14.2 Å². The van der Waals surface area contributed by atoms with Crippen LogP contribution in [0.1, 0.15) is 76.5 Å². The summed E-state index contributed by atoms with van der Waals surface area (Å²) in [4.78, 5) is 26.2. The molecule has 3 aromatic rings. The van der Waals surface area contributed by atoms with Crippen molar-refractivity contribution in [2.45, 2.75) is 76.4 Å². The second-order valence-electron chi connectivity index (χ2n) is 12.3. The first-order valence-corrected chi connectivity index (χ1v) is 14.1. The van der Waals surface area contributed by atoms with Crippen molar-refractivity contribution in [3.05, 3.63) is 53.5 Å². The minimum Gasteiger partial charge on any atom is -0.399 e. The Balaban J connectivity index is 1.14. The summed E-state index contributed by atoms with van der Waals surface area (Å²) in [6, 6.07) is 11.6. The van der Waals surface area contributed by atoms with Crippen LogP contribution in [0.2, 0.25) is 0 Å². The van der Waals surface area contributed by atoms with Gasteiger partial charge in [-0.15, -0.1) is 0 Å². The lowest BCUT2D eigenvalue weighted by atomic mass is 9.79. The number of amides is 2. The number of carbonyl (C=O) groups is 2. The molecule has 2 amide bonds. The number of imide groups is 1. The number of halogens is 1.